The second kappa shape index (κ2) is 6.93. The topological polar surface area (TPSA) is 54.9 Å². The highest BCUT2D eigenvalue weighted by Crippen LogP contribution is 2.18. The Labute approximate surface area is 124 Å². The molecule has 0 saturated heterocycles. The van der Waals surface area contributed by atoms with Crippen LogP contribution in [0.25, 0.3) is 0 Å². The minimum absolute atomic E-state index is 0.0688. The van der Waals surface area contributed by atoms with Crippen molar-refractivity contribution in [3.63, 3.8) is 0 Å². The van der Waals surface area contributed by atoms with Crippen LogP contribution in [0.3, 0.4) is 0 Å². The van der Waals surface area contributed by atoms with Crippen molar-refractivity contribution in [3.05, 3.63) is 29.8 Å². The first-order valence-corrected chi connectivity index (χ1v) is 8.74. The zero-order valence-corrected chi connectivity index (χ0v) is 13.0. The molecule has 0 atom stereocenters. The number of nitrogens with one attached hydrogen (secondary N) is 1. The lowest BCUT2D eigenvalue weighted by molar-refractivity contribution is -0.115. The van der Waals surface area contributed by atoms with Crippen LogP contribution in [0.2, 0.25) is 0 Å². The third kappa shape index (κ3) is 4.22. The van der Waals surface area contributed by atoms with Gasteiger partial charge in [-0.25, -0.2) is 0 Å². The second-order valence-electron chi connectivity index (χ2n) is 3.66. The van der Waals surface area contributed by atoms with E-state index in [2.05, 4.69) is 14.7 Å². The van der Waals surface area contributed by atoms with Crippen LogP contribution in [0, 0.1) is 0 Å². The number of anilines is 1. The molecule has 4 nitrogen and oxygen atoms in total. The standard InChI is InChI=1S/C12H13N3OS3/c1-17-9-5-3-8(4-6-9)7-10(16)13-11-14-12(18-2)15-19-11/h3-6H,7H2,1-2H3,(H,13,14,15,16). The Bertz CT molecular complexity index is 554. The highest BCUT2D eigenvalue weighted by molar-refractivity contribution is 7.98. The molecule has 0 fully saturated rings. The molecule has 0 aliphatic rings. The number of rotatable bonds is 5. The molecule has 1 aromatic carbocycles. The van der Waals surface area contributed by atoms with Gasteiger partial charge in [0.2, 0.25) is 16.2 Å². The van der Waals surface area contributed by atoms with Crippen LogP contribution < -0.4 is 5.32 Å². The van der Waals surface area contributed by atoms with E-state index in [9.17, 15) is 4.79 Å². The summed E-state index contributed by atoms with van der Waals surface area (Å²) in [5.74, 6) is -0.0688. The molecule has 1 aromatic heterocycles. The summed E-state index contributed by atoms with van der Waals surface area (Å²) in [5.41, 5.74) is 0.991. The number of nitrogens with zero attached hydrogens (tertiary/aromatic N) is 2. The summed E-state index contributed by atoms with van der Waals surface area (Å²) in [6, 6.07) is 7.98. The van der Waals surface area contributed by atoms with Gasteiger partial charge >= 0.3 is 0 Å². The molecule has 0 aliphatic heterocycles. The molecule has 1 heterocycles. The van der Waals surface area contributed by atoms with Gasteiger partial charge in [0, 0.05) is 16.4 Å². The zero-order valence-electron chi connectivity index (χ0n) is 10.5. The largest absolute Gasteiger partial charge is 0.300 e. The van der Waals surface area contributed by atoms with E-state index in [1.807, 2.05) is 36.8 Å². The lowest BCUT2D eigenvalue weighted by Gasteiger charge is -2.02. The Balaban J connectivity index is 1.93. The van der Waals surface area contributed by atoms with E-state index >= 15 is 0 Å². The van der Waals surface area contributed by atoms with Gasteiger partial charge in [0.1, 0.15) is 0 Å². The summed E-state index contributed by atoms with van der Waals surface area (Å²) >= 11 is 4.35. The third-order valence-corrected chi connectivity index (χ3v) is 4.40. The van der Waals surface area contributed by atoms with Crippen LogP contribution in [0.1, 0.15) is 5.56 Å². The Morgan fingerprint density at radius 1 is 1.26 bits per heavy atom. The fraction of sp³-hybridized carbons (Fsp3) is 0.250. The second-order valence-corrected chi connectivity index (χ2v) is 6.06. The lowest BCUT2D eigenvalue weighted by Crippen LogP contribution is -2.14. The molecular weight excluding hydrogens is 298 g/mol. The summed E-state index contributed by atoms with van der Waals surface area (Å²) < 4.78 is 4.09. The van der Waals surface area contributed by atoms with Crippen molar-refractivity contribution < 1.29 is 4.79 Å². The van der Waals surface area contributed by atoms with Crippen LogP contribution in [-0.2, 0) is 11.2 Å². The average Bonchev–Trinajstić information content (AvgIpc) is 2.87. The Morgan fingerprint density at radius 2 is 2.00 bits per heavy atom. The minimum atomic E-state index is -0.0688. The molecule has 7 heteroatoms. The maximum absolute atomic E-state index is 11.8. The summed E-state index contributed by atoms with van der Waals surface area (Å²) in [6.45, 7) is 0. The third-order valence-electron chi connectivity index (χ3n) is 2.36. The maximum Gasteiger partial charge on any atom is 0.230 e. The smallest absolute Gasteiger partial charge is 0.230 e. The number of thioether (sulfide) groups is 2. The van der Waals surface area contributed by atoms with Gasteiger partial charge in [0.25, 0.3) is 0 Å². The van der Waals surface area contributed by atoms with E-state index < -0.39 is 0 Å². The van der Waals surface area contributed by atoms with Gasteiger partial charge in [-0.2, -0.15) is 9.36 Å². The maximum atomic E-state index is 11.8. The van der Waals surface area contributed by atoms with Crippen LogP contribution in [0.5, 0.6) is 0 Å². The van der Waals surface area contributed by atoms with Crippen molar-refractivity contribution >= 4 is 46.1 Å². The van der Waals surface area contributed by atoms with Gasteiger partial charge in [0.05, 0.1) is 6.42 Å². The molecule has 2 aromatic rings. The van der Waals surface area contributed by atoms with Gasteiger partial charge in [0.15, 0.2) is 0 Å². The molecular formula is C12H13N3OS3. The van der Waals surface area contributed by atoms with Gasteiger partial charge in [-0.05, 0) is 30.2 Å². The van der Waals surface area contributed by atoms with Crippen LogP contribution >= 0.6 is 35.1 Å². The van der Waals surface area contributed by atoms with Gasteiger partial charge in [-0.15, -0.1) is 11.8 Å². The summed E-state index contributed by atoms with van der Waals surface area (Å²) in [6.07, 6.45) is 4.28. The van der Waals surface area contributed by atoms with E-state index in [0.717, 1.165) is 5.56 Å². The molecule has 0 unspecified atom stereocenters. The highest BCUT2D eigenvalue weighted by Gasteiger charge is 2.08. The van der Waals surface area contributed by atoms with Crippen LogP contribution in [-0.4, -0.2) is 27.8 Å². The normalized spacial score (nSPS) is 10.4. The molecule has 0 spiro atoms. The van der Waals surface area contributed by atoms with Crippen molar-refractivity contribution in [1.82, 2.24) is 9.36 Å². The molecule has 0 saturated carbocycles. The van der Waals surface area contributed by atoms with Crippen molar-refractivity contribution in [2.75, 3.05) is 17.8 Å². The molecule has 1 amide bonds. The van der Waals surface area contributed by atoms with Gasteiger partial charge in [-0.3, -0.25) is 4.79 Å². The SMILES string of the molecule is CSc1ccc(CC(=O)Nc2nc(SC)ns2)cc1. The van der Waals surface area contributed by atoms with E-state index in [0.29, 0.717) is 16.7 Å². The molecule has 19 heavy (non-hydrogen) atoms. The van der Waals surface area contributed by atoms with Gasteiger partial charge in [-0.1, -0.05) is 23.9 Å². The molecule has 1 N–H and O–H groups in total. The fourth-order valence-corrected chi connectivity index (χ4v) is 2.99. The molecule has 2 rings (SSSR count). The molecule has 0 aliphatic carbocycles. The predicted octanol–water partition coefficient (Wildman–Crippen LogP) is 3.16. The quantitative estimate of drug-likeness (QED) is 0.860. The van der Waals surface area contributed by atoms with Gasteiger partial charge < -0.3 is 5.32 Å². The first-order chi connectivity index (χ1) is 9.21. The molecule has 0 bridgehead atoms. The Kier molecular flexibility index (Phi) is 5.24. The first kappa shape index (κ1) is 14.4. The summed E-state index contributed by atoms with van der Waals surface area (Å²) in [5, 5.41) is 4.00. The monoisotopic (exact) mass is 311 g/mol. The fourth-order valence-electron chi connectivity index (χ4n) is 1.44. The number of carbonyl (C=O) groups excluding carboxylic acids is 1. The number of aromatic nitrogens is 2. The first-order valence-electron chi connectivity index (χ1n) is 5.51. The van der Waals surface area contributed by atoms with Crippen molar-refractivity contribution in [3.8, 4) is 0 Å². The van der Waals surface area contributed by atoms with E-state index in [1.165, 1.54) is 28.2 Å². The number of hydrogen-bond acceptors (Lipinski definition) is 6. The number of amides is 1. The van der Waals surface area contributed by atoms with Crippen molar-refractivity contribution in [2.24, 2.45) is 0 Å². The zero-order chi connectivity index (χ0) is 13.7. The van der Waals surface area contributed by atoms with E-state index in [-0.39, 0.29) is 5.91 Å². The highest BCUT2D eigenvalue weighted by atomic mass is 32.2. The lowest BCUT2D eigenvalue weighted by atomic mass is 10.1. The Morgan fingerprint density at radius 3 is 2.58 bits per heavy atom. The van der Waals surface area contributed by atoms with Crippen LogP contribution in [0.15, 0.2) is 34.3 Å². The predicted molar refractivity (Wildman–Crippen MR) is 82.2 cm³/mol. The molecule has 0 radical (unpaired) electrons. The number of benzene rings is 1. The Hall–Kier alpha value is -1.05. The average molecular weight is 311 g/mol. The van der Waals surface area contributed by atoms with E-state index in [4.69, 9.17) is 0 Å². The number of carbonyl (C=O) groups is 1. The van der Waals surface area contributed by atoms with E-state index in [1.54, 1.807) is 11.8 Å². The summed E-state index contributed by atoms with van der Waals surface area (Å²) in [7, 11) is 0. The minimum Gasteiger partial charge on any atom is -0.300 e. The number of hydrogen-bond donors (Lipinski definition) is 1. The van der Waals surface area contributed by atoms with Crippen molar-refractivity contribution in [1.29, 1.82) is 0 Å². The van der Waals surface area contributed by atoms with Crippen LogP contribution in [0.4, 0.5) is 5.13 Å². The van der Waals surface area contributed by atoms with Crippen molar-refractivity contribution in [2.45, 2.75) is 16.5 Å². The molecule has 100 valence electrons. The summed E-state index contributed by atoms with van der Waals surface area (Å²) in [4.78, 5) is 17.2.